The van der Waals surface area contributed by atoms with E-state index in [1.165, 1.54) is 29.3 Å². The van der Waals surface area contributed by atoms with E-state index in [0.29, 0.717) is 0 Å². The van der Waals surface area contributed by atoms with E-state index in [4.69, 9.17) is 5.84 Å². The Morgan fingerprint density at radius 3 is 2.52 bits per heavy atom. The van der Waals surface area contributed by atoms with Gasteiger partial charge in [0.1, 0.15) is 10.9 Å². The molecule has 156 valence electrons. The first kappa shape index (κ1) is 19.6. The average Bonchev–Trinajstić information content (AvgIpc) is 3.18. The number of nitrogens with zero attached hydrogens (tertiary/aromatic N) is 2. The number of alkyl halides is 6. The quantitative estimate of drug-likeness (QED) is 0.346. The van der Waals surface area contributed by atoms with E-state index in [9.17, 15) is 31.1 Å². The molecule has 2 fully saturated rings. The molecule has 3 N–H and O–H groups in total. The number of pyridine rings is 1. The van der Waals surface area contributed by atoms with Crippen molar-refractivity contribution in [1.82, 2.24) is 10.4 Å². The predicted octanol–water partition coefficient (Wildman–Crippen LogP) is 2.88. The minimum Gasteiger partial charge on any atom is -0.403 e. The van der Waals surface area contributed by atoms with Crippen LogP contribution in [-0.2, 0) is 4.79 Å². The van der Waals surface area contributed by atoms with Gasteiger partial charge in [-0.1, -0.05) is 0 Å². The zero-order valence-electron chi connectivity index (χ0n) is 14.6. The maximum absolute atomic E-state index is 13.8. The summed E-state index contributed by atoms with van der Waals surface area (Å²) < 4.78 is 83.2. The van der Waals surface area contributed by atoms with Crippen LogP contribution in [0.2, 0.25) is 0 Å². The molecule has 0 bridgehead atoms. The van der Waals surface area contributed by atoms with Gasteiger partial charge < -0.3 is 9.64 Å². The predicted molar refractivity (Wildman–Crippen MR) is 88.5 cm³/mol. The minimum absolute atomic E-state index is 0.152. The van der Waals surface area contributed by atoms with Gasteiger partial charge in [0.2, 0.25) is 5.91 Å². The number of halogens is 6. The highest BCUT2D eigenvalue weighted by atomic mass is 19.4. The topological polar surface area (TPSA) is 80.5 Å². The Balaban J connectivity index is 1.77. The number of carbonyl (C=O) groups is 1. The Bertz CT molecular complexity index is 994. The second-order valence-electron chi connectivity index (χ2n) is 7.20. The number of anilines is 1. The van der Waals surface area contributed by atoms with Gasteiger partial charge in [-0.3, -0.25) is 15.2 Å². The monoisotopic (exact) mass is 420 g/mol. The number of hydrogen-bond donors (Lipinski definition) is 2. The van der Waals surface area contributed by atoms with Crippen molar-refractivity contribution in [3.63, 3.8) is 0 Å². The van der Waals surface area contributed by atoms with Crippen molar-refractivity contribution in [3.05, 3.63) is 30.5 Å². The van der Waals surface area contributed by atoms with Crippen molar-refractivity contribution >= 4 is 22.5 Å². The smallest absolute Gasteiger partial charge is 0.403 e. The molecule has 1 amide bonds. The lowest BCUT2D eigenvalue weighted by atomic mass is 9.95. The summed E-state index contributed by atoms with van der Waals surface area (Å²) in [5, 5.41) is 0.177. The highest BCUT2D eigenvalue weighted by Crippen LogP contribution is 2.75. The number of amides is 1. The lowest BCUT2D eigenvalue weighted by molar-refractivity contribution is -0.274. The van der Waals surface area contributed by atoms with Crippen LogP contribution in [0.3, 0.4) is 0 Å². The van der Waals surface area contributed by atoms with Crippen LogP contribution in [-0.4, -0.2) is 36.5 Å². The maximum Gasteiger partial charge on any atom is 0.573 e. The molecule has 2 aromatic rings. The Labute approximate surface area is 159 Å². The summed E-state index contributed by atoms with van der Waals surface area (Å²) >= 11 is 0. The zero-order chi connectivity index (χ0) is 21.2. The number of ether oxygens (including phenoxy) is 1. The largest absolute Gasteiger partial charge is 0.573 e. The van der Waals surface area contributed by atoms with E-state index in [1.54, 1.807) is 0 Å². The lowest BCUT2D eigenvalue weighted by Gasteiger charge is -2.26. The first-order valence-corrected chi connectivity index (χ1v) is 8.40. The van der Waals surface area contributed by atoms with Crippen LogP contribution >= 0.6 is 0 Å². The highest BCUT2D eigenvalue weighted by Gasteiger charge is 2.86. The van der Waals surface area contributed by atoms with Gasteiger partial charge >= 0.3 is 12.5 Å². The van der Waals surface area contributed by atoms with E-state index in [0.717, 1.165) is 6.07 Å². The molecule has 1 aliphatic heterocycles. The molecular weight excluding hydrogens is 406 g/mol. The van der Waals surface area contributed by atoms with Crippen LogP contribution in [0.5, 0.6) is 5.75 Å². The number of piperidine rings is 1. The molecule has 0 radical (unpaired) electrons. The van der Waals surface area contributed by atoms with Crippen LogP contribution in [0.25, 0.3) is 10.9 Å². The second-order valence-corrected chi connectivity index (χ2v) is 7.20. The summed E-state index contributed by atoms with van der Waals surface area (Å²) in [4.78, 5) is 17.4. The summed E-state index contributed by atoms with van der Waals surface area (Å²) in [6, 6.07) is 5.11. The molecule has 0 spiro atoms. The van der Waals surface area contributed by atoms with Crippen molar-refractivity contribution in [2.24, 2.45) is 16.7 Å². The van der Waals surface area contributed by atoms with Gasteiger partial charge in [0, 0.05) is 30.4 Å². The van der Waals surface area contributed by atoms with Gasteiger partial charge in [-0.15, -0.1) is 13.2 Å². The summed E-state index contributed by atoms with van der Waals surface area (Å²) in [5.74, 6) is 3.61. The van der Waals surface area contributed by atoms with Crippen molar-refractivity contribution in [2.45, 2.75) is 19.0 Å². The third-order valence-electron chi connectivity index (χ3n) is 5.70. The second kappa shape index (κ2) is 5.88. The lowest BCUT2D eigenvalue weighted by Crippen LogP contribution is -2.43. The number of nitrogens with two attached hydrogens (primary N) is 1. The minimum atomic E-state index is -4.95. The first-order chi connectivity index (χ1) is 13.4. The van der Waals surface area contributed by atoms with Gasteiger partial charge in [0.15, 0.2) is 5.75 Å². The van der Waals surface area contributed by atoms with Crippen molar-refractivity contribution in [1.29, 1.82) is 0 Å². The number of hydrogen-bond acceptors (Lipinski definition) is 5. The number of fused-ring (bicyclic) bond motifs is 2. The van der Waals surface area contributed by atoms with Crippen molar-refractivity contribution in [3.8, 4) is 5.75 Å². The SMILES string of the molecule is NNC(=O)[C@]12CN(c3ccc(OC(F)(F)F)c4ncccc34)C[C@@]1(C(F)(F)F)C2. The van der Waals surface area contributed by atoms with Gasteiger partial charge in [-0.2, -0.15) is 13.2 Å². The summed E-state index contributed by atoms with van der Waals surface area (Å²) in [7, 11) is 0. The summed E-state index contributed by atoms with van der Waals surface area (Å²) in [6.45, 7) is -0.799. The van der Waals surface area contributed by atoms with E-state index in [1.807, 2.05) is 5.43 Å². The molecule has 29 heavy (non-hydrogen) atoms. The molecule has 1 saturated carbocycles. The standard InChI is InChI=1S/C17H14F6N4O2/c18-16(19,20)15-6-14(15,13(28)26-24)7-27(8-15)10-3-4-11(29-17(21,22)23)12-9(10)2-1-5-25-12/h1-5H,6-8,24H2,(H,26,28)/t14-,15-/m0/s1. The number of carbonyl (C=O) groups excluding carboxylic acids is 1. The van der Waals surface area contributed by atoms with E-state index in [2.05, 4.69) is 9.72 Å². The molecule has 2 atom stereocenters. The zero-order valence-corrected chi connectivity index (χ0v) is 14.6. The number of hydrazine groups is 1. The van der Waals surface area contributed by atoms with Gasteiger partial charge in [-0.05, 0) is 30.7 Å². The number of aromatic nitrogens is 1. The molecular formula is C17H14F6N4O2. The Kier molecular flexibility index (Phi) is 3.96. The normalized spacial score (nSPS) is 26.4. The molecule has 2 aliphatic rings. The van der Waals surface area contributed by atoms with Crippen LogP contribution in [0.15, 0.2) is 30.5 Å². The molecule has 2 heterocycles. The van der Waals surface area contributed by atoms with Crippen LogP contribution in [0, 0.1) is 10.8 Å². The number of rotatable bonds is 3. The van der Waals surface area contributed by atoms with Crippen molar-refractivity contribution in [2.75, 3.05) is 18.0 Å². The van der Waals surface area contributed by atoms with Gasteiger partial charge in [0.05, 0.1) is 5.41 Å². The van der Waals surface area contributed by atoms with E-state index < -0.39 is 48.0 Å². The molecule has 0 unspecified atom stereocenters. The molecule has 1 aromatic heterocycles. The highest BCUT2D eigenvalue weighted by molar-refractivity contribution is 5.97. The molecule has 4 rings (SSSR count). The Hall–Kier alpha value is -2.76. The summed E-state index contributed by atoms with van der Waals surface area (Å²) in [6.07, 6.45) is -8.75. The fraction of sp³-hybridized carbons (Fsp3) is 0.412. The Morgan fingerprint density at radius 2 is 1.90 bits per heavy atom. The molecule has 1 aromatic carbocycles. The molecule has 1 aliphatic carbocycles. The fourth-order valence-corrected chi connectivity index (χ4v) is 4.35. The van der Waals surface area contributed by atoms with Crippen LogP contribution in [0.1, 0.15) is 6.42 Å². The maximum atomic E-state index is 13.8. The van der Waals surface area contributed by atoms with Gasteiger partial charge in [-0.25, -0.2) is 5.84 Å². The molecule has 1 saturated heterocycles. The molecule has 6 nitrogen and oxygen atoms in total. The average molecular weight is 420 g/mol. The Morgan fingerprint density at radius 1 is 1.17 bits per heavy atom. The van der Waals surface area contributed by atoms with E-state index in [-0.39, 0.29) is 23.1 Å². The van der Waals surface area contributed by atoms with E-state index >= 15 is 0 Å². The first-order valence-electron chi connectivity index (χ1n) is 8.40. The third kappa shape index (κ3) is 2.76. The number of nitrogens with one attached hydrogen (secondary N) is 1. The number of benzene rings is 1. The van der Waals surface area contributed by atoms with Crippen molar-refractivity contribution < 1.29 is 35.9 Å². The van der Waals surface area contributed by atoms with Crippen LogP contribution in [0.4, 0.5) is 32.0 Å². The fourth-order valence-electron chi connectivity index (χ4n) is 4.35. The van der Waals surface area contributed by atoms with Gasteiger partial charge in [0.25, 0.3) is 0 Å². The molecule has 12 heteroatoms. The summed E-state index contributed by atoms with van der Waals surface area (Å²) in [5.41, 5.74) is -2.13. The van der Waals surface area contributed by atoms with Crippen LogP contribution < -0.4 is 20.9 Å². The third-order valence-corrected chi connectivity index (χ3v) is 5.70.